The number of carbonyl (C=O) groups excluding carboxylic acids is 2. The Morgan fingerprint density at radius 1 is 1.00 bits per heavy atom. The summed E-state index contributed by atoms with van der Waals surface area (Å²) in [6.45, 7) is 4.97. The molecule has 1 aromatic heterocycles. The van der Waals surface area contributed by atoms with Crippen molar-refractivity contribution in [2.75, 3.05) is 13.1 Å². The highest BCUT2D eigenvalue weighted by molar-refractivity contribution is 5.90. The SMILES string of the molecule is CC/C=C\C/C=C\C/C=C\C/C=C\C/C=C\CCCC(=O)N1CCC[C@H]1CNC(=O)c1c[nH]c(C)c[n+]1=O. The smallest absolute Gasteiger partial charge is 0.342 e. The number of aromatic nitrogens is 2. The summed E-state index contributed by atoms with van der Waals surface area (Å²) < 4.78 is 0.563. The summed E-state index contributed by atoms with van der Waals surface area (Å²) >= 11 is 0. The van der Waals surface area contributed by atoms with Gasteiger partial charge in [-0.3, -0.25) is 9.59 Å². The molecule has 7 heteroatoms. The third kappa shape index (κ3) is 12.2. The van der Waals surface area contributed by atoms with Crippen LogP contribution in [-0.2, 0) is 4.79 Å². The molecule has 38 heavy (non-hydrogen) atoms. The van der Waals surface area contributed by atoms with Gasteiger partial charge in [0.1, 0.15) is 0 Å². The van der Waals surface area contributed by atoms with Gasteiger partial charge in [-0.1, -0.05) is 67.7 Å². The van der Waals surface area contributed by atoms with Gasteiger partial charge in [-0.05, 0) is 64.7 Å². The van der Waals surface area contributed by atoms with E-state index < -0.39 is 5.91 Å². The Hall–Kier alpha value is -3.48. The summed E-state index contributed by atoms with van der Waals surface area (Å²) in [5.41, 5.74) is 0.692. The van der Waals surface area contributed by atoms with E-state index in [4.69, 9.17) is 0 Å². The quantitative estimate of drug-likeness (QED) is 0.162. The predicted octanol–water partition coefficient (Wildman–Crippen LogP) is 5.88. The van der Waals surface area contributed by atoms with E-state index in [0.29, 0.717) is 23.1 Å². The Morgan fingerprint density at radius 2 is 1.61 bits per heavy atom. The molecule has 2 N–H and O–H groups in total. The monoisotopic (exact) mass is 521 g/mol. The fourth-order valence-corrected chi connectivity index (χ4v) is 4.25. The van der Waals surface area contributed by atoms with Gasteiger partial charge in [-0.15, -0.1) is 0 Å². The van der Waals surface area contributed by atoms with Crippen molar-refractivity contribution in [3.63, 3.8) is 0 Å². The Morgan fingerprint density at radius 3 is 2.21 bits per heavy atom. The van der Waals surface area contributed by atoms with Crippen LogP contribution in [-0.4, -0.2) is 40.8 Å². The minimum atomic E-state index is -0.436. The number of aryl methyl sites for hydroxylation is 1. The molecule has 0 saturated carbocycles. The van der Waals surface area contributed by atoms with Crippen LogP contribution in [0, 0.1) is 11.8 Å². The van der Waals surface area contributed by atoms with Crippen LogP contribution in [0.15, 0.2) is 73.2 Å². The van der Waals surface area contributed by atoms with Crippen LogP contribution in [0.25, 0.3) is 0 Å². The average Bonchev–Trinajstić information content (AvgIpc) is 3.38. The molecule has 2 amide bonds. The number of nitrogens with zero attached hydrogens (tertiary/aromatic N) is 2. The van der Waals surface area contributed by atoms with Gasteiger partial charge >= 0.3 is 11.6 Å². The van der Waals surface area contributed by atoms with Crippen molar-refractivity contribution in [3.05, 3.63) is 89.4 Å². The average molecular weight is 522 g/mol. The first-order valence-corrected chi connectivity index (χ1v) is 14.0. The summed E-state index contributed by atoms with van der Waals surface area (Å²) in [7, 11) is 0. The number of hydrogen-bond acceptors (Lipinski definition) is 3. The second-order valence-corrected chi connectivity index (χ2v) is 9.51. The number of hydrogen-bond donors (Lipinski definition) is 2. The Balaban J connectivity index is 1.57. The highest BCUT2D eigenvalue weighted by Gasteiger charge is 2.29. The van der Waals surface area contributed by atoms with Crippen LogP contribution in [0.5, 0.6) is 0 Å². The molecular weight excluding hydrogens is 476 g/mol. The lowest BCUT2D eigenvalue weighted by Crippen LogP contribution is -2.44. The molecule has 0 unspecified atom stereocenters. The highest BCUT2D eigenvalue weighted by atomic mass is 16.3. The number of likely N-dealkylation sites (tertiary alicyclic amines) is 1. The van der Waals surface area contributed by atoms with E-state index in [0.717, 1.165) is 64.3 Å². The molecule has 1 fully saturated rings. The number of allylic oxidation sites excluding steroid dienone is 10. The number of rotatable bonds is 16. The Kier molecular flexibility index (Phi) is 15.1. The van der Waals surface area contributed by atoms with Gasteiger partial charge in [0.05, 0.1) is 16.3 Å². The second-order valence-electron chi connectivity index (χ2n) is 9.51. The van der Waals surface area contributed by atoms with Crippen LogP contribution >= 0.6 is 0 Å². The lowest BCUT2D eigenvalue weighted by atomic mass is 10.1. The number of nitrogens with one attached hydrogen (secondary N) is 2. The van der Waals surface area contributed by atoms with E-state index in [1.54, 1.807) is 6.92 Å². The van der Waals surface area contributed by atoms with Crippen molar-refractivity contribution in [2.24, 2.45) is 0 Å². The van der Waals surface area contributed by atoms with E-state index in [1.807, 2.05) is 4.90 Å². The van der Waals surface area contributed by atoms with Gasteiger partial charge in [0, 0.05) is 30.5 Å². The summed E-state index contributed by atoms with van der Waals surface area (Å²) in [6, 6.07) is -0.0188. The maximum absolute atomic E-state index is 12.7. The van der Waals surface area contributed by atoms with Gasteiger partial charge in [-0.25, -0.2) is 0 Å². The summed E-state index contributed by atoms with van der Waals surface area (Å²) in [4.78, 5) is 41.8. The maximum atomic E-state index is 12.7. The molecule has 1 aliphatic heterocycles. The molecular formula is C31H45N4O3+. The number of H-pyrrole nitrogens is 1. The topological polar surface area (TPSA) is 88.2 Å². The molecule has 7 nitrogen and oxygen atoms in total. The number of aromatic amines is 1. The zero-order valence-corrected chi connectivity index (χ0v) is 23.1. The zero-order chi connectivity index (χ0) is 27.4. The zero-order valence-electron chi connectivity index (χ0n) is 23.1. The molecule has 0 bridgehead atoms. The second kappa shape index (κ2) is 18.7. The molecule has 0 radical (unpaired) electrons. The van der Waals surface area contributed by atoms with Crippen LogP contribution in [0.1, 0.15) is 87.3 Å². The van der Waals surface area contributed by atoms with Crippen LogP contribution in [0.4, 0.5) is 0 Å². The van der Waals surface area contributed by atoms with E-state index in [1.165, 1.54) is 12.4 Å². The fourth-order valence-electron chi connectivity index (χ4n) is 4.25. The first-order chi connectivity index (χ1) is 18.5. The number of unbranched alkanes of at least 4 members (excludes halogenated alkanes) is 1. The molecule has 1 atom stereocenters. The van der Waals surface area contributed by atoms with Crippen LogP contribution < -0.4 is 9.74 Å². The molecule has 1 aromatic rings. The van der Waals surface area contributed by atoms with Crippen molar-refractivity contribution in [1.29, 1.82) is 0 Å². The lowest BCUT2D eigenvalue weighted by molar-refractivity contribution is -0.498. The van der Waals surface area contributed by atoms with Crippen molar-refractivity contribution < 1.29 is 14.0 Å². The number of amides is 2. The van der Waals surface area contributed by atoms with E-state index >= 15 is 0 Å². The standard InChI is InChI=1S/C31H44N4O3/c1-3-4-5-6-7-8-9-10-11-12-13-14-15-16-17-18-19-22-30(36)34-23-20-21-28(34)24-33-31(37)29-25-32-27(2)26-35(29)38/h4-5,7-8,10-11,13-14,16-17,25-26,28H,3,6,9,12,15,18-24H2,1-2H3,(H-,32,33,37,38)/p+1/b5-4-,8-7-,11-10-,14-13-,17-16-/t28-/m0/s1. The third-order valence-electron chi connectivity index (χ3n) is 6.33. The first kappa shape index (κ1) is 30.7. The van der Waals surface area contributed by atoms with Gasteiger partial charge in [0.25, 0.3) is 0 Å². The van der Waals surface area contributed by atoms with Crippen molar-refractivity contribution >= 4 is 11.8 Å². The Labute approximate surface area is 227 Å². The summed E-state index contributed by atoms with van der Waals surface area (Å²) in [6.07, 6.45) is 33.5. The maximum Gasteiger partial charge on any atom is 0.342 e. The van der Waals surface area contributed by atoms with Crippen LogP contribution in [0.3, 0.4) is 0 Å². The van der Waals surface area contributed by atoms with Crippen molar-refractivity contribution in [3.8, 4) is 0 Å². The molecule has 2 rings (SSSR count). The van der Waals surface area contributed by atoms with Crippen molar-refractivity contribution in [1.82, 2.24) is 15.2 Å². The highest BCUT2D eigenvalue weighted by Crippen LogP contribution is 2.18. The lowest BCUT2D eigenvalue weighted by Gasteiger charge is -2.24. The fraction of sp³-hybridized carbons (Fsp3) is 0.484. The molecule has 0 aliphatic carbocycles. The van der Waals surface area contributed by atoms with Gasteiger partial charge in [0.15, 0.2) is 0 Å². The summed E-state index contributed by atoms with van der Waals surface area (Å²) in [5.74, 6) is -0.300. The minimum Gasteiger partial charge on any atom is -0.354 e. The van der Waals surface area contributed by atoms with Crippen LogP contribution in [0.2, 0.25) is 0 Å². The summed E-state index contributed by atoms with van der Waals surface area (Å²) in [5, 5.41) is 2.81. The molecule has 1 aliphatic rings. The minimum absolute atomic E-state index is 0.0172. The van der Waals surface area contributed by atoms with Crippen molar-refractivity contribution in [2.45, 2.75) is 84.1 Å². The molecule has 1 saturated heterocycles. The molecule has 0 aromatic carbocycles. The number of carbonyl (C=O) groups is 2. The van der Waals surface area contributed by atoms with Gasteiger partial charge in [0.2, 0.25) is 12.1 Å². The largest absolute Gasteiger partial charge is 0.354 e. The normalized spacial score (nSPS) is 16.3. The predicted molar refractivity (Wildman–Crippen MR) is 154 cm³/mol. The molecule has 0 spiro atoms. The van der Waals surface area contributed by atoms with Gasteiger partial charge in [-0.2, -0.15) is 0 Å². The third-order valence-corrected chi connectivity index (χ3v) is 6.33. The Bertz CT molecular complexity index is 1070. The van der Waals surface area contributed by atoms with E-state index in [2.05, 4.69) is 78.0 Å². The van der Waals surface area contributed by atoms with E-state index in [9.17, 15) is 14.5 Å². The van der Waals surface area contributed by atoms with E-state index in [-0.39, 0.29) is 17.6 Å². The first-order valence-electron chi connectivity index (χ1n) is 14.0. The molecule has 2 heterocycles. The molecule has 206 valence electrons. The van der Waals surface area contributed by atoms with Gasteiger partial charge < -0.3 is 15.2 Å².